The molecule has 0 unspecified atom stereocenters. The monoisotopic (exact) mass is 279 g/mol. The summed E-state index contributed by atoms with van der Waals surface area (Å²) in [6, 6.07) is 3.82. The number of carbonyl (C=O) groups excluding carboxylic acids is 1. The van der Waals surface area contributed by atoms with Gasteiger partial charge < -0.3 is 10.6 Å². The lowest BCUT2D eigenvalue weighted by atomic mass is 10.1. The highest BCUT2D eigenvalue weighted by molar-refractivity contribution is 5.97. The molecule has 0 aromatic carbocycles. The van der Waals surface area contributed by atoms with Gasteiger partial charge in [0.15, 0.2) is 5.69 Å². The number of amides is 1. The molecule has 1 aromatic heterocycles. The standard InChI is InChI=1S/C14H23N3O.C2H6/c1-5-11(6-2)17(7-3)14(18)13-12(15)9-8-10(4)16-13;1-2/h8-9,11H,5-7,15H2,1-4H3;1-2H3. The van der Waals surface area contributed by atoms with E-state index in [2.05, 4.69) is 18.8 Å². The summed E-state index contributed by atoms with van der Waals surface area (Å²) in [5, 5.41) is 0. The van der Waals surface area contributed by atoms with Gasteiger partial charge in [-0.15, -0.1) is 0 Å². The molecule has 1 heterocycles. The van der Waals surface area contributed by atoms with Crippen molar-refractivity contribution in [2.24, 2.45) is 0 Å². The van der Waals surface area contributed by atoms with E-state index in [0.717, 1.165) is 18.5 Å². The average molecular weight is 279 g/mol. The third kappa shape index (κ3) is 4.51. The van der Waals surface area contributed by atoms with Gasteiger partial charge >= 0.3 is 0 Å². The minimum atomic E-state index is -0.0626. The molecule has 0 fully saturated rings. The SMILES string of the molecule is CC.CCC(CC)N(CC)C(=O)c1nc(C)ccc1N. The highest BCUT2D eigenvalue weighted by atomic mass is 16.2. The first-order chi connectivity index (χ1) is 9.54. The molecule has 1 aromatic rings. The molecule has 1 rings (SSSR count). The number of aryl methyl sites for hydroxylation is 1. The largest absolute Gasteiger partial charge is 0.397 e. The van der Waals surface area contributed by atoms with E-state index in [1.54, 1.807) is 6.07 Å². The number of hydrogen-bond donors (Lipinski definition) is 1. The molecule has 1 amide bonds. The second-order valence-electron chi connectivity index (χ2n) is 4.45. The van der Waals surface area contributed by atoms with Crippen molar-refractivity contribution in [3.63, 3.8) is 0 Å². The van der Waals surface area contributed by atoms with Crippen molar-refractivity contribution in [2.75, 3.05) is 12.3 Å². The Morgan fingerprint density at radius 1 is 1.25 bits per heavy atom. The molecule has 0 atom stereocenters. The first-order valence-electron chi connectivity index (χ1n) is 7.59. The van der Waals surface area contributed by atoms with Crippen LogP contribution in [-0.4, -0.2) is 28.4 Å². The third-order valence-corrected chi connectivity index (χ3v) is 3.25. The first-order valence-corrected chi connectivity index (χ1v) is 7.59. The number of hydrogen-bond acceptors (Lipinski definition) is 3. The van der Waals surface area contributed by atoms with Crippen molar-refractivity contribution in [3.8, 4) is 0 Å². The Labute approximate surface area is 123 Å². The number of nitrogens with zero attached hydrogens (tertiary/aromatic N) is 2. The quantitative estimate of drug-likeness (QED) is 0.895. The van der Waals surface area contributed by atoms with Gasteiger partial charge in [0.1, 0.15) is 0 Å². The number of nitrogens with two attached hydrogens (primary N) is 1. The Hall–Kier alpha value is -1.58. The Kier molecular flexibility index (Phi) is 8.61. The maximum Gasteiger partial charge on any atom is 0.274 e. The van der Waals surface area contributed by atoms with Crippen LogP contribution in [0.3, 0.4) is 0 Å². The number of carbonyl (C=O) groups is 1. The average Bonchev–Trinajstić information content (AvgIpc) is 2.48. The summed E-state index contributed by atoms with van der Waals surface area (Å²) in [5.74, 6) is -0.0626. The predicted molar refractivity (Wildman–Crippen MR) is 85.8 cm³/mol. The summed E-state index contributed by atoms with van der Waals surface area (Å²) < 4.78 is 0. The van der Waals surface area contributed by atoms with Crippen LogP contribution in [0.2, 0.25) is 0 Å². The van der Waals surface area contributed by atoms with Crippen LogP contribution < -0.4 is 5.73 Å². The summed E-state index contributed by atoms with van der Waals surface area (Å²) in [4.78, 5) is 18.6. The van der Waals surface area contributed by atoms with Crippen LogP contribution in [0.4, 0.5) is 5.69 Å². The van der Waals surface area contributed by atoms with E-state index in [0.29, 0.717) is 17.9 Å². The van der Waals surface area contributed by atoms with Crippen LogP contribution in [0.1, 0.15) is 63.6 Å². The molecule has 0 aliphatic rings. The fourth-order valence-corrected chi connectivity index (χ4v) is 2.17. The highest BCUT2D eigenvalue weighted by Crippen LogP contribution is 2.16. The predicted octanol–water partition coefficient (Wildman–Crippen LogP) is 3.65. The molecular weight excluding hydrogens is 250 g/mol. The lowest BCUT2D eigenvalue weighted by molar-refractivity contribution is 0.0675. The topological polar surface area (TPSA) is 59.2 Å². The van der Waals surface area contributed by atoms with Crippen LogP contribution in [0.15, 0.2) is 12.1 Å². The summed E-state index contributed by atoms with van der Waals surface area (Å²) in [6.45, 7) is 12.7. The van der Waals surface area contributed by atoms with Crippen molar-refractivity contribution >= 4 is 11.6 Å². The number of rotatable bonds is 5. The van der Waals surface area contributed by atoms with Crippen molar-refractivity contribution in [1.82, 2.24) is 9.88 Å². The summed E-state index contributed by atoms with van der Waals surface area (Å²) >= 11 is 0. The lowest BCUT2D eigenvalue weighted by Gasteiger charge is -2.29. The third-order valence-electron chi connectivity index (χ3n) is 3.25. The molecule has 4 nitrogen and oxygen atoms in total. The highest BCUT2D eigenvalue weighted by Gasteiger charge is 2.23. The lowest BCUT2D eigenvalue weighted by Crippen LogP contribution is -2.40. The fraction of sp³-hybridized carbons (Fsp3) is 0.625. The van der Waals surface area contributed by atoms with Gasteiger partial charge in [0.25, 0.3) is 5.91 Å². The van der Waals surface area contributed by atoms with E-state index >= 15 is 0 Å². The Morgan fingerprint density at radius 3 is 2.25 bits per heavy atom. The van der Waals surface area contributed by atoms with Crippen LogP contribution >= 0.6 is 0 Å². The normalized spacial score (nSPS) is 9.95. The Balaban J connectivity index is 0.00000172. The zero-order valence-electron chi connectivity index (χ0n) is 13.7. The molecule has 20 heavy (non-hydrogen) atoms. The van der Waals surface area contributed by atoms with Gasteiger partial charge in [-0.05, 0) is 38.8 Å². The molecule has 2 N–H and O–H groups in total. The van der Waals surface area contributed by atoms with Crippen LogP contribution in [0, 0.1) is 6.92 Å². The van der Waals surface area contributed by atoms with Gasteiger partial charge in [-0.2, -0.15) is 0 Å². The Bertz CT molecular complexity index is 414. The van der Waals surface area contributed by atoms with Gasteiger partial charge in [0.2, 0.25) is 0 Å². The molecular formula is C16H29N3O. The minimum Gasteiger partial charge on any atom is -0.397 e. The second-order valence-corrected chi connectivity index (χ2v) is 4.45. The Morgan fingerprint density at radius 2 is 1.80 bits per heavy atom. The van der Waals surface area contributed by atoms with Crippen molar-refractivity contribution < 1.29 is 4.79 Å². The summed E-state index contributed by atoms with van der Waals surface area (Å²) in [6.07, 6.45) is 1.89. The van der Waals surface area contributed by atoms with E-state index < -0.39 is 0 Å². The van der Waals surface area contributed by atoms with Gasteiger partial charge in [0.05, 0.1) is 5.69 Å². The second kappa shape index (κ2) is 9.34. The molecule has 0 bridgehead atoms. The first kappa shape index (κ1) is 18.4. The van der Waals surface area contributed by atoms with Gasteiger partial charge in [0, 0.05) is 18.3 Å². The number of anilines is 1. The van der Waals surface area contributed by atoms with E-state index in [9.17, 15) is 4.79 Å². The van der Waals surface area contributed by atoms with Crippen LogP contribution in [0.5, 0.6) is 0 Å². The van der Waals surface area contributed by atoms with Gasteiger partial charge in [-0.1, -0.05) is 27.7 Å². The molecule has 0 aliphatic heterocycles. The van der Waals surface area contributed by atoms with E-state index in [-0.39, 0.29) is 11.9 Å². The van der Waals surface area contributed by atoms with E-state index in [1.807, 2.05) is 38.7 Å². The zero-order valence-corrected chi connectivity index (χ0v) is 13.7. The van der Waals surface area contributed by atoms with Gasteiger partial charge in [-0.25, -0.2) is 4.98 Å². The summed E-state index contributed by atoms with van der Waals surface area (Å²) in [5.41, 5.74) is 7.50. The summed E-state index contributed by atoms with van der Waals surface area (Å²) in [7, 11) is 0. The van der Waals surface area contributed by atoms with Crippen LogP contribution in [-0.2, 0) is 0 Å². The molecule has 0 saturated heterocycles. The van der Waals surface area contributed by atoms with Crippen molar-refractivity contribution in [2.45, 2.75) is 60.4 Å². The smallest absolute Gasteiger partial charge is 0.274 e. The molecule has 0 spiro atoms. The maximum absolute atomic E-state index is 12.5. The van der Waals surface area contributed by atoms with Crippen molar-refractivity contribution in [1.29, 1.82) is 0 Å². The van der Waals surface area contributed by atoms with Gasteiger partial charge in [-0.3, -0.25) is 4.79 Å². The maximum atomic E-state index is 12.5. The number of pyridine rings is 1. The van der Waals surface area contributed by atoms with E-state index in [1.165, 1.54) is 0 Å². The fourth-order valence-electron chi connectivity index (χ4n) is 2.17. The van der Waals surface area contributed by atoms with Crippen LogP contribution in [0.25, 0.3) is 0 Å². The number of aromatic nitrogens is 1. The van der Waals surface area contributed by atoms with Crippen molar-refractivity contribution in [3.05, 3.63) is 23.5 Å². The zero-order chi connectivity index (χ0) is 15.7. The molecule has 0 radical (unpaired) electrons. The molecule has 4 heteroatoms. The molecule has 0 aliphatic carbocycles. The van der Waals surface area contributed by atoms with E-state index in [4.69, 9.17) is 5.73 Å². The molecule has 114 valence electrons. The molecule has 0 saturated carbocycles. The number of nitrogen functional groups attached to an aromatic ring is 1. The minimum absolute atomic E-state index is 0.0626.